The van der Waals surface area contributed by atoms with Gasteiger partial charge in [0.1, 0.15) is 24.2 Å². The highest BCUT2D eigenvalue weighted by Gasteiger charge is 2.44. The molecule has 5 N–H and O–H groups in total. The lowest BCUT2D eigenvalue weighted by Crippen LogP contribution is -2.61. The summed E-state index contributed by atoms with van der Waals surface area (Å²) in [6, 6.07) is -8.58. The molecule has 0 spiro atoms. The summed E-state index contributed by atoms with van der Waals surface area (Å²) >= 11 is 0. The molecule has 14 atom stereocenters. The molecule has 0 radical (unpaired) electrons. The molecular weight excluding hydrogens is 1260 g/mol. The van der Waals surface area contributed by atoms with E-state index in [-0.39, 0.29) is 69.3 Å². The zero-order chi connectivity index (χ0) is 74.0. The van der Waals surface area contributed by atoms with Crippen LogP contribution in [0.4, 0.5) is 0 Å². The van der Waals surface area contributed by atoms with Crippen molar-refractivity contribution in [1.82, 2.24) is 61.1 Å². The highest BCUT2D eigenvalue weighted by molar-refractivity contribution is 6.00. The van der Waals surface area contributed by atoms with Crippen LogP contribution in [0.2, 0.25) is 0 Å². The number of aryl methyl sites for hydroxylation is 1. The zero-order valence-electron chi connectivity index (χ0n) is 63.2. The van der Waals surface area contributed by atoms with Crippen LogP contribution in [0, 0.1) is 59.2 Å². The minimum absolute atomic E-state index is 0.0467. The average molecular weight is 1380 g/mol. The van der Waals surface area contributed by atoms with E-state index in [4.69, 9.17) is 9.47 Å². The van der Waals surface area contributed by atoms with Crippen molar-refractivity contribution in [1.29, 1.82) is 0 Å². The maximum atomic E-state index is 15.2. The smallest absolute Gasteiger partial charge is 0.245 e. The molecular formula is C72H126N12O14. The molecule has 0 unspecified atom stereocenters. The van der Waals surface area contributed by atoms with Gasteiger partial charge in [-0.25, -0.2) is 0 Å². The topological polar surface area (TPSA) is 333 Å². The first-order chi connectivity index (χ1) is 45.9. The number of ether oxygens (including phenoxy) is 2. The van der Waals surface area contributed by atoms with E-state index in [2.05, 4.69) is 41.5 Å². The van der Waals surface area contributed by atoms with Crippen molar-refractivity contribution in [2.75, 3.05) is 67.6 Å². The zero-order valence-corrected chi connectivity index (χ0v) is 63.2. The Morgan fingerprint density at radius 1 is 0.561 bits per heavy atom. The highest BCUT2D eigenvalue weighted by atomic mass is 16.5. The molecule has 2 fully saturated rings. The first-order valence-corrected chi connectivity index (χ1v) is 36.4. The lowest BCUT2D eigenvalue weighted by Gasteiger charge is -2.36. The van der Waals surface area contributed by atoms with Crippen LogP contribution in [-0.4, -0.2) is 237 Å². The first-order valence-electron chi connectivity index (χ1n) is 36.4. The molecule has 558 valence electrons. The number of carbonyl (C=O) groups excluding carboxylic acids is 11. The van der Waals surface area contributed by atoms with Gasteiger partial charge in [0.25, 0.3) is 0 Å². The second-order valence-electron chi connectivity index (χ2n) is 30.2. The van der Waals surface area contributed by atoms with Crippen molar-refractivity contribution >= 4 is 64.5 Å². The fourth-order valence-corrected chi connectivity index (χ4v) is 13.6. The van der Waals surface area contributed by atoms with Crippen LogP contribution < -0.4 is 16.0 Å². The van der Waals surface area contributed by atoms with Gasteiger partial charge in [0.2, 0.25) is 41.4 Å². The van der Waals surface area contributed by atoms with E-state index in [1.165, 1.54) is 54.7 Å². The Bertz CT molecular complexity index is 2720. The number of nitrogens with one attached hydrogen (secondary N) is 4. The molecule has 3 rings (SSSR count). The number of morpholine rings is 1. The molecule has 2 aliphatic heterocycles. The SMILES string of the molecule is CC[C@@H]1NC(=O)[C@H]([C@H](O)[C@H](C)CCCCCc2nn[nH]n2)NC(=O)[C@H](C(C)C)N(C)C(=O)[C@H](CC(C)C)CC(=O)[C@H](CC(C)C)N(C)C(=O)[C@@H](C)NC(=O)[C@H](C)CC(=O)[C@H](CC(C)C)N(C)C(=O)[C@H](C(C)C)CC(=O)[C@H]([C@@H](C)OCCCCN2CCOCC2)N(C)C(=O)[C@@H](C)CC1=O. The van der Waals surface area contributed by atoms with Gasteiger partial charge in [-0.3, -0.25) is 57.6 Å². The van der Waals surface area contributed by atoms with Crippen molar-refractivity contribution in [2.24, 2.45) is 59.2 Å². The molecule has 0 saturated carbocycles. The standard InChI is InChI=1S/C72H126N12O14/c1-21-54-57(85)39-49(14)69(93)83(20)64(51(16)98-32-26-25-29-84-30-33-97-34-31-84)60(88)41-53(45(8)9)72(96)81(18)55(36-43(4)5)58(86)38-48(13)66(90)73-50(15)70(94)80(17)56(37-44(6)7)59(87)40-52(35-42(2)3)71(95)82(19)63(46(10)11)68(92)75-62(67(91)74-54)65(89)47(12)27-23-22-24-28-61-76-78-79-77-61/h42-56,62-65,89H,21-41H2,1-20H3,(H,73,90)(H,74,91)(H,75,92)(H,76,77,78,79)/t47-,48-,49+,50-,51-,52-,53+,54+,55+,56+,62+,63+,64+,65-/m1/s1. The summed E-state index contributed by atoms with van der Waals surface area (Å²) < 4.78 is 11.9. The van der Waals surface area contributed by atoms with E-state index in [1.54, 1.807) is 62.3 Å². The molecule has 98 heavy (non-hydrogen) atoms. The minimum Gasteiger partial charge on any atom is -0.390 e. The Morgan fingerprint density at radius 2 is 1.13 bits per heavy atom. The number of aromatic amines is 1. The van der Waals surface area contributed by atoms with Crippen LogP contribution >= 0.6 is 0 Å². The Hall–Kier alpha value is -6.12. The molecule has 1 aromatic rings. The molecule has 26 heteroatoms. The van der Waals surface area contributed by atoms with Gasteiger partial charge in [-0.1, -0.05) is 115 Å². The summed E-state index contributed by atoms with van der Waals surface area (Å²) in [4.78, 5) is 170. The molecule has 26 nitrogen and oxygen atoms in total. The highest BCUT2D eigenvalue weighted by Crippen LogP contribution is 2.29. The van der Waals surface area contributed by atoms with Gasteiger partial charge in [0, 0.05) is 104 Å². The largest absolute Gasteiger partial charge is 0.390 e. The van der Waals surface area contributed by atoms with E-state index in [9.17, 15) is 43.5 Å². The number of nitrogens with zero attached hydrogens (tertiary/aromatic N) is 8. The maximum absolute atomic E-state index is 15.2. The Labute approximate surface area is 584 Å². The molecule has 3 heterocycles. The third-order valence-corrected chi connectivity index (χ3v) is 19.6. The van der Waals surface area contributed by atoms with Crippen LogP contribution in [0.3, 0.4) is 0 Å². The van der Waals surface area contributed by atoms with Gasteiger partial charge in [-0.05, 0) is 107 Å². The summed E-state index contributed by atoms with van der Waals surface area (Å²) in [7, 11) is 5.91. The molecule has 0 aliphatic carbocycles. The Morgan fingerprint density at radius 3 is 1.68 bits per heavy atom. The second-order valence-corrected chi connectivity index (χ2v) is 30.2. The predicted molar refractivity (Wildman–Crippen MR) is 373 cm³/mol. The molecule has 1 aromatic heterocycles. The number of likely N-dealkylation sites (N-methyl/N-ethyl adjacent to an activating group) is 4. The van der Waals surface area contributed by atoms with E-state index >= 15 is 14.4 Å². The Balaban J connectivity index is 2.23. The molecule has 7 amide bonds. The van der Waals surface area contributed by atoms with Crippen LogP contribution in [-0.2, 0) is 68.6 Å². The van der Waals surface area contributed by atoms with Gasteiger partial charge in [0.15, 0.2) is 29.0 Å². The van der Waals surface area contributed by atoms with Crippen LogP contribution in [0.1, 0.15) is 206 Å². The summed E-state index contributed by atoms with van der Waals surface area (Å²) in [5, 5.41) is 34.7. The number of hydrogen-bond acceptors (Lipinski definition) is 18. The lowest BCUT2D eigenvalue weighted by molar-refractivity contribution is -0.150. The van der Waals surface area contributed by atoms with Gasteiger partial charge < -0.3 is 50.1 Å². The fraction of sp³-hybridized carbons (Fsp3) is 0.833. The summed E-state index contributed by atoms with van der Waals surface area (Å²) in [5.41, 5.74) is 0. The first kappa shape index (κ1) is 86.1. The quantitative estimate of drug-likeness (QED) is 0.0762. The lowest BCUT2D eigenvalue weighted by atomic mass is 9.85. The number of unbranched alkanes of at least 4 members (excludes halogenated alkanes) is 3. The third kappa shape index (κ3) is 26.8. The fourth-order valence-electron chi connectivity index (χ4n) is 13.6. The number of aliphatic hydroxyl groups is 1. The van der Waals surface area contributed by atoms with Crippen molar-refractivity contribution < 1.29 is 67.3 Å². The van der Waals surface area contributed by atoms with Crippen LogP contribution in [0.25, 0.3) is 0 Å². The van der Waals surface area contributed by atoms with Gasteiger partial charge >= 0.3 is 0 Å². The number of amides is 7. The van der Waals surface area contributed by atoms with Crippen LogP contribution in [0.5, 0.6) is 0 Å². The van der Waals surface area contributed by atoms with Crippen LogP contribution in [0.15, 0.2) is 0 Å². The van der Waals surface area contributed by atoms with Gasteiger partial charge in [0.05, 0.1) is 43.5 Å². The van der Waals surface area contributed by atoms with Gasteiger partial charge in [-0.2, -0.15) is 5.21 Å². The van der Waals surface area contributed by atoms with Crippen molar-refractivity contribution in [2.45, 2.75) is 262 Å². The maximum Gasteiger partial charge on any atom is 0.245 e. The van der Waals surface area contributed by atoms with Crippen molar-refractivity contribution in [3.63, 3.8) is 0 Å². The Kier molecular flexibility index (Phi) is 37.1. The van der Waals surface area contributed by atoms with Crippen molar-refractivity contribution in [3.8, 4) is 0 Å². The number of aromatic nitrogens is 4. The van der Waals surface area contributed by atoms with E-state index in [1.807, 2.05) is 41.5 Å². The number of H-pyrrole nitrogens is 1. The molecule has 2 aliphatic rings. The van der Waals surface area contributed by atoms with E-state index in [0.29, 0.717) is 57.6 Å². The number of tetrazole rings is 1. The summed E-state index contributed by atoms with van der Waals surface area (Å²) in [5.74, 6) is -11.7. The molecule has 0 aromatic carbocycles. The number of aliphatic hydroxyl groups excluding tert-OH is 1. The molecule has 2 saturated heterocycles. The van der Waals surface area contributed by atoms with E-state index in [0.717, 1.165) is 26.1 Å². The number of carbonyl (C=O) groups is 11. The second kappa shape index (κ2) is 42.2. The number of ketones is 4. The summed E-state index contributed by atoms with van der Waals surface area (Å²) in [6.45, 7) is 32.2. The summed E-state index contributed by atoms with van der Waals surface area (Å²) in [6.07, 6.45) is 1.45. The monoisotopic (exact) mass is 1380 g/mol. The molecule has 0 bridgehead atoms. The normalized spacial score (nSPS) is 27.0. The average Bonchev–Trinajstić information content (AvgIpc) is 0.897. The van der Waals surface area contributed by atoms with Gasteiger partial charge in [-0.15, -0.1) is 10.2 Å². The number of Topliss-reactive ketones (excluding diaryl/α,β-unsaturated/α-hetero) is 4. The predicted octanol–water partition coefficient (Wildman–Crippen LogP) is 5.81. The minimum atomic E-state index is -1.66. The van der Waals surface area contributed by atoms with E-state index < -0.39 is 167 Å². The number of hydrogen-bond donors (Lipinski definition) is 5. The van der Waals surface area contributed by atoms with Crippen molar-refractivity contribution in [3.05, 3.63) is 5.82 Å². The third-order valence-electron chi connectivity index (χ3n) is 19.6. The number of rotatable bonds is 24.